The summed E-state index contributed by atoms with van der Waals surface area (Å²) < 4.78 is 0. The molecule has 1 heteroatoms. The van der Waals surface area contributed by atoms with Gasteiger partial charge in [0.05, 0.1) is 0 Å². The van der Waals surface area contributed by atoms with Crippen LogP contribution in [0.2, 0.25) is 0 Å². The van der Waals surface area contributed by atoms with E-state index in [1.807, 2.05) is 11.9 Å². The Morgan fingerprint density at radius 1 is 0.733 bits per heavy atom. The number of hydrogen-bond donors (Lipinski definition) is 0. The van der Waals surface area contributed by atoms with Gasteiger partial charge in [-0.25, -0.2) is 0 Å². The van der Waals surface area contributed by atoms with Crippen molar-refractivity contribution in [3.8, 4) is 0 Å². The molecule has 0 heterocycles. The highest BCUT2D eigenvalue weighted by molar-refractivity contribution is 4.50. The van der Waals surface area contributed by atoms with Crippen LogP contribution in [-0.4, -0.2) is 18.5 Å². The fraction of sp³-hybridized carbons (Fsp3) is 0.929. The molecule has 0 aliphatic heterocycles. The van der Waals surface area contributed by atoms with E-state index >= 15 is 0 Å². The monoisotopic (exact) mass is 212 g/mol. The van der Waals surface area contributed by atoms with Gasteiger partial charge in [0, 0.05) is 7.05 Å². The molecule has 0 fully saturated rings. The summed E-state index contributed by atoms with van der Waals surface area (Å²) in [5, 5.41) is 0. The Bertz CT molecular complexity index is 110. The first-order chi connectivity index (χ1) is 7.27. The predicted molar refractivity (Wildman–Crippen MR) is 69.8 cm³/mol. The lowest BCUT2D eigenvalue weighted by atomic mass is 10.1. The Kier molecular flexibility index (Phi) is 12.0. The van der Waals surface area contributed by atoms with Crippen LogP contribution in [0.3, 0.4) is 0 Å². The maximum Gasteiger partial charge on any atom is 0.0106 e. The summed E-state index contributed by atoms with van der Waals surface area (Å²) in [7, 11) is 5.90. The lowest BCUT2D eigenvalue weighted by Crippen LogP contribution is -2.09. The third-order valence-corrected chi connectivity index (χ3v) is 2.89. The minimum atomic E-state index is 1.15. The lowest BCUT2D eigenvalue weighted by Gasteiger charge is -2.08. The highest BCUT2D eigenvalue weighted by Gasteiger charge is 1.93. The molecule has 15 heavy (non-hydrogen) atoms. The average Bonchev–Trinajstić information content (AvgIpc) is 2.20. The SMILES string of the molecule is [CH2]N(C)CCCCCCCCCCCC. The molecule has 1 radical (unpaired) electrons. The predicted octanol–water partition coefficient (Wildman–Crippen LogP) is 4.63. The summed E-state index contributed by atoms with van der Waals surface area (Å²) in [5.41, 5.74) is 0. The van der Waals surface area contributed by atoms with E-state index in [2.05, 4.69) is 14.0 Å². The van der Waals surface area contributed by atoms with Crippen LogP contribution in [0.25, 0.3) is 0 Å². The van der Waals surface area contributed by atoms with E-state index < -0.39 is 0 Å². The second kappa shape index (κ2) is 12.0. The van der Waals surface area contributed by atoms with E-state index in [0.717, 1.165) is 6.54 Å². The summed E-state index contributed by atoms with van der Waals surface area (Å²) in [6.07, 6.45) is 14.1. The number of rotatable bonds is 11. The maximum atomic E-state index is 3.85. The van der Waals surface area contributed by atoms with Gasteiger partial charge in [-0.3, -0.25) is 0 Å². The molecule has 0 spiro atoms. The maximum absolute atomic E-state index is 3.85. The summed E-state index contributed by atoms with van der Waals surface area (Å²) in [6, 6.07) is 0. The first-order valence-corrected chi connectivity index (χ1v) is 6.79. The van der Waals surface area contributed by atoms with Crippen molar-refractivity contribution in [1.29, 1.82) is 0 Å². The number of unbranched alkanes of at least 4 members (excludes halogenated alkanes) is 9. The van der Waals surface area contributed by atoms with Gasteiger partial charge in [0.1, 0.15) is 0 Å². The highest BCUT2D eigenvalue weighted by atomic mass is 15.0. The zero-order chi connectivity index (χ0) is 11.4. The van der Waals surface area contributed by atoms with Crippen molar-refractivity contribution >= 4 is 0 Å². The van der Waals surface area contributed by atoms with Crippen LogP contribution in [0.15, 0.2) is 0 Å². The lowest BCUT2D eigenvalue weighted by molar-refractivity contribution is 0.423. The molecule has 0 rings (SSSR count). The summed E-state index contributed by atoms with van der Waals surface area (Å²) in [4.78, 5) is 2.03. The van der Waals surface area contributed by atoms with Gasteiger partial charge in [-0.1, -0.05) is 64.7 Å². The van der Waals surface area contributed by atoms with Crippen LogP contribution in [0.1, 0.15) is 71.1 Å². The summed E-state index contributed by atoms with van der Waals surface area (Å²) in [6.45, 7) is 3.43. The van der Waals surface area contributed by atoms with E-state index in [4.69, 9.17) is 0 Å². The molecular formula is C14H30N. The van der Waals surface area contributed by atoms with E-state index in [-0.39, 0.29) is 0 Å². The van der Waals surface area contributed by atoms with Crippen molar-refractivity contribution in [2.45, 2.75) is 71.1 Å². The topological polar surface area (TPSA) is 3.24 Å². The van der Waals surface area contributed by atoms with E-state index in [9.17, 15) is 0 Å². The standard InChI is InChI=1S/C14H30N/c1-4-5-6-7-8-9-10-11-12-13-14-15(2)3/h2,4-14H2,1,3H3. The molecule has 0 aromatic rings. The smallest absolute Gasteiger partial charge is 0.0106 e. The van der Waals surface area contributed by atoms with Crippen LogP contribution >= 0.6 is 0 Å². The summed E-state index contributed by atoms with van der Waals surface area (Å²) >= 11 is 0. The normalized spacial score (nSPS) is 11.2. The zero-order valence-electron chi connectivity index (χ0n) is 10.9. The first-order valence-electron chi connectivity index (χ1n) is 6.79. The molecule has 0 atom stereocenters. The highest BCUT2D eigenvalue weighted by Crippen LogP contribution is 2.10. The van der Waals surface area contributed by atoms with E-state index in [0.29, 0.717) is 0 Å². The zero-order valence-corrected chi connectivity index (χ0v) is 10.9. The van der Waals surface area contributed by atoms with Crippen LogP contribution in [0.4, 0.5) is 0 Å². The number of nitrogens with zero attached hydrogens (tertiary/aromatic N) is 1. The molecule has 0 N–H and O–H groups in total. The largest absolute Gasteiger partial charge is 0.305 e. The van der Waals surface area contributed by atoms with Crippen molar-refractivity contribution in [1.82, 2.24) is 4.90 Å². The average molecular weight is 212 g/mol. The van der Waals surface area contributed by atoms with Crippen molar-refractivity contribution in [2.75, 3.05) is 13.6 Å². The molecule has 0 bridgehead atoms. The molecule has 0 aromatic heterocycles. The van der Waals surface area contributed by atoms with Crippen LogP contribution in [0, 0.1) is 7.05 Å². The third-order valence-electron chi connectivity index (χ3n) is 2.89. The molecule has 0 aliphatic carbocycles. The van der Waals surface area contributed by atoms with Gasteiger partial charge in [0.2, 0.25) is 0 Å². The van der Waals surface area contributed by atoms with Gasteiger partial charge in [-0.05, 0) is 20.0 Å². The van der Waals surface area contributed by atoms with Gasteiger partial charge in [-0.2, -0.15) is 0 Å². The van der Waals surface area contributed by atoms with Gasteiger partial charge >= 0.3 is 0 Å². The van der Waals surface area contributed by atoms with Crippen LogP contribution in [-0.2, 0) is 0 Å². The fourth-order valence-corrected chi connectivity index (χ4v) is 1.87. The van der Waals surface area contributed by atoms with Gasteiger partial charge in [0.25, 0.3) is 0 Å². The number of hydrogen-bond acceptors (Lipinski definition) is 1. The molecule has 0 unspecified atom stereocenters. The molecular weight excluding hydrogens is 182 g/mol. The second-order valence-electron chi connectivity index (χ2n) is 4.76. The Balaban J connectivity index is 2.87. The quantitative estimate of drug-likeness (QED) is 0.451. The van der Waals surface area contributed by atoms with Gasteiger partial charge < -0.3 is 4.90 Å². The first kappa shape index (κ1) is 15.0. The Morgan fingerprint density at radius 3 is 1.53 bits per heavy atom. The molecule has 0 amide bonds. The Morgan fingerprint density at radius 2 is 1.13 bits per heavy atom. The minimum Gasteiger partial charge on any atom is -0.305 e. The van der Waals surface area contributed by atoms with E-state index in [1.165, 1.54) is 64.2 Å². The summed E-state index contributed by atoms with van der Waals surface area (Å²) in [5.74, 6) is 0. The Hall–Kier alpha value is -0.0400. The molecule has 1 nitrogen and oxygen atoms in total. The molecule has 0 saturated heterocycles. The van der Waals surface area contributed by atoms with Crippen molar-refractivity contribution in [3.05, 3.63) is 7.05 Å². The van der Waals surface area contributed by atoms with E-state index in [1.54, 1.807) is 0 Å². The van der Waals surface area contributed by atoms with Crippen molar-refractivity contribution in [3.63, 3.8) is 0 Å². The molecule has 0 aliphatic rings. The minimum absolute atomic E-state index is 1.15. The van der Waals surface area contributed by atoms with Gasteiger partial charge in [0.15, 0.2) is 0 Å². The molecule has 0 saturated carbocycles. The third kappa shape index (κ3) is 14.0. The van der Waals surface area contributed by atoms with Gasteiger partial charge in [-0.15, -0.1) is 0 Å². The second-order valence-corrected chi connectivity index (χ2v) is 4.76. The van der Waals surface area contributed by atoms with Crippen LogP contribution in [0.5, 0.6) is 0 Å². The van der Waals surface area contributed by atoms with Crippen molar-refractivity contribution in [2.24, 2.45) is 0 Å². The Labute approximate surface area is 97.2 Å². The fourth-order valence-electron chi connectivity index (χ4n) is 1.87. The molecule has 91 valence electrons. The van der Waals surface area contributed by atoms with Crippen molar-refractivity contribution < 1.29 is 0 Å². The van der Waals surface area contributed by atoms with Crippen LogP contribution < -0.4 is 0 Å². The molecule has 0 aromatic carbocycles.